The molecular formula is C22H24F6N8O2S. The minimum atomic E-state index is -4.82. The van der Waals surface area contributed by atoms with Gasteiger partial charge in [0.25, 0.3) is 0 Å². The van der Waals surface area contributed by atoms with Crippen molar-refractivity contribution in [2.75, 3.05) is 31.1 Å². The van der Waals surface area contributed by atoms with Gasteiger partial charge in [0.1, 0.15) is 23.6 Å². The lowest BCUT2D eigenvalue weighted by Crippen LogP contribution is -2.56. The molecule has 0 saturated carbocycles. The van der Waals surface area contributed by atoms with Gasteiger partial charge >= 0.3 is 12.4 Å². The zero-order chi connectivity index (χ0) is 28.5. The van der Waals surface area contributed by atoms with Crippen LogP contribution in [0.25, 0.3) is 11.3 Å². The first-order valence-corrected chi connectivity index (χ1v) is 12.6. The molecule has 3 aromatic heterocycles. The highest BCUT2D eigenvalue weighted by molar-refractivity contribution is 7.16. The van der Waals surface area contributed by atoms with Crippen LogP contribution in [0.4, 0.5) is 31.3 Å². The summed E-state index contributed by atoms with van der Waals surface area (Å²) in [5.74, 6) is -1.09. The first kappa shape index (κ1) is 28.7. The number of alkyl halides is 6. The summed E-state index contributed by atoms with van der Waals surface area (Å²) in [4.78, 5) is 30.5. The van der Waals surface area contributed by atoms with Gasteiger partial charge in [-0.15, -0.1) is 0 Å². The Morgan fingerprint density at radius 3 is 2.36 bits per heavy atom. The third-order valence-corrected chi connectivity index (χ3v) is 7.11. The monoisotopic (exact) mass is 578 g/mol. The van der Waals surface area contributed by atoms with Crippen molar-refractivity contribution >= 4 is 22.2 Å². The lowest BCUT2D eigenvalue weighted by atomic mass is 10.1. The lowest BCUT2D eigenvalue weighted by Gasteiger charge is -2.42. The maximum Gasteiger partial charge on any atom is 0.451 e. The molecule has 1 N–H and O–H groups in total. The maximum atomic E-state index is 13.6. The number of aromatic nitrogens is 6. The van der Waals surface area contributed by atoms with Crippen molar-refractivity contribution in [2.45, 2.75) is 51.1 Å². The zero-order valence-electron chi connectivity index (χ0n) is 20.7. The van der Waals surface area contributed by atoms with Gasteiger partial charge in [0, 0.05) is 50.1 Å². The molecule has 1 aliphatic rings. The van der Waals surface area contributed by atoms with Crippen LogP contribution in [0.1, 0.15) is 42.8 Å². The second-order valence-electron chi connectivity index (χ2n) is 9.12. The van der Waals surface area contributed by atoms with E-state index >= 15 is 0 Å². The summed E-state index contributed by atoms with van der Waals surface area (Å²) in [5, 5.41) is 12.8. The molecule has 0 bridgehead atoms. The molecule has 3 aromatic rings. The molecule has 0 radical (unpaired) electrons. The maximum absolute atomic E-state index is 13.6. The van der Waals surface area contributed by atoms with E-state index in [0.29, 0.717) is 17.2 Å². The smallest absolute Gasteiger partial charge is 0.396 e. The van der Waals surface area contributed by atoms with Crippen LogP contribution in [0.15, 0.2) is 18.7 Å². The van der Waals surface area contributed by atoms with E-state index in [9.17, 15) is 36.2 Å². The number of aliphatic hydroxyl groups is 1. The first-order valence-electron chi connectivity index (χ1n) is 11.8. The van der Waals surface area contributed by atoms with E-state index in [4.69, 9.17) is 0 Å². The fourth-order valence-corrected chi connectivity index (χ4v) is 5.07. The predicted octanol–water partition coefficient (Wildman–Crippen LogP) is 3.45. The zero-order valence-corrected chi connectivity index (χ0v) is 21.6. The summed E-state index contributed by atoms with van der Waals surface area (Å²) in [6.07, 6.45) is -6.45. The van der Waals surface area contributed by atoms with Gasteiger partial charge in [0.2, 0.25) is 16.7 Å². The van der Waals surface area contributed by atoms with Gasteiger partial charge in [0.05, 0.1) is 6.04 Å². The van der Waals surface area contributed by atoms with Gasteiger partial charge in [-0.2, -0.15) is 31.4 Å². The number of piperazine rings is 1. The number of hydrogen-bond donors (Lipinski definition) is 1. The van der Waals surface area contributed by atoms with E-state index in [0.717, 1.165) is 12.4 Å². The molecule has 1 aliphatic heterocycles. The molecule has 10 nitrogen and oxygen atoms in total. The van der Waals surface area contributed by atoms with E-state index in [1.54, 1.807) is 4.90 Å². The predicted molar refractivity (Wildman–Crippen MR) is 127 cm³/mol. The van der Waals surface area contributed by atoms with Gasteiger partial charge in [-0.3, -0.25) is 4.79 Å². The second-order valence-corrected chi connectivity index (χ2v) is 10.1. The molecule has 39 heavy (non-hydrogen) atoms. The fraction of sp³-hybridized carbons (Fsp3) is 0.545. The molecule has 1 fully saturated rings. The quantitative estimate of drug-likeness (QED) is 0.425. The molecule has 4 rings (SSSR count). The Labute approximate surface area is 222 Å². The number of carbonyl (C=O) groups excluding carboxylic acids is 1. The van der Waals surface area contributed by atoms with Crippen LogP contribution in [0, 0.1) is 0 Å². The summed E-state index contributed by atoms with van der Waals surface area (Å²) < 4.78 is 80.7. The highest BCUT2D eigenvalue weighted by Gasteiger charge is 2.39. The van der Waals surface area contributed by atoms with Gasteiger partial charge in [-0.1, -0.05) is 25.2 Å². The molecule has 1 atom stereocenters. The normalized spacial score (nSPS) is 16.8. The van der Waals surface area contributed by atoms with E-state index in [-0.39, 0.29) is 67.3 Å². The van der Waals surface area contributed by atoms with Crippen molar-refractivity contribution < 1.29 is 36.2 Å². The number of rotatable bonds is 7. The number of halogens is 6. The SMILES string of the molecule is CC(C)c1ncn(CC(=O)N2CCN(c3sc(C(F)(F)F)nc3-c3cnc(C(F)(F)F)nc3)CC2CCO)n1. The van der Waals surface area contributed by atoms with Crippen LogP contribution in [0.2, 0.25) is 0 Å². The van der Waals surface area contributed by atoms with Crippen molar-refractivity contribution in [2.24, 2.45) is 0 Å². The number of carbonyl (C=O) groups is 1. The molecule has 0 aliphatic carbocycles. The summed E-state index contributed by atoms with van der Waals surface area (Å²) in [7, 11) is 0. The first-order chi connectivity index (χ1) is 18.3. The average molecular weight is 579 g/mol. The Morgan fingerprint density at radius 2 is 1.79 bits per heavy atom. The number of aliphatic hydroxyl groups excluding tert-OH is 1. The van der Waals surface area contributed by atoms with Crippen LogP contribution < -0.4 is 4.90 Å². The number of nitrogens with zero attached hydrogens (tertiary/aromatic N) is 8. The standard InChI is InChI=1S/C22H24F6N8O2S/c1-12(2)17-31-11-35(33-17)10-15(38)36-5-4-34(9-14(36)3-6-37)18-16(32-20(39-18)22(26,27)28)13-7-29-19(30-8-13)21(23,24)25/h7-8,11-12,14,37H,3-6,9-10H2,1-2H3. The van der Waals surface area contributed by atoms with E-state index < -0.39 is 29.2 Å². The van der Waals surface area contributed by atoms with Gasteiger partial charge in [-0.25, -0.2) is 24.6 Å². The molecular weight excluding hydrogens is 554 g/mol. The number of amides is 1. The van der Waals surface area contributed by atoms with Crippen molar-refractivity contribution in [3.8, 4) is 11.3 Å². The lowest BCUT2D eigenvalue weighted by molar-refractivity contribution is -0.145. The minimum absolute atomic E-state index is 0.0542. The van der Waals surface area contributed by atoms with E-state index in [1.807, 2.05) is 13.8 Å². The van der Waals surface area contributed by atoms with Crippen molar-refractivity contribution in [1.29, 1.82) is 0 Å². The Bertz CT molecular complexity index is 1290. The summed E-state index contributed by atoms with van der Waals surface area (Å²) in [5.41, 5.74) is -0.332. The third-order valence-electron chi connectivity index (χ3n) is 5.95. The van der Waals surface area contributed by atoms with Crippen LogP contribution in [-0.2, 0) is 23.7 Å². The second kappa shape index (κ2) is 11.0. The van der Waals surface area contributed by atoms with Crippen molar-refractivity contribution in [1.82, 2.24) is 34.6 Å². The Balaban J connectivity index is 1.59. The minimum Gasteiger partial charge on any atom is -0.396 e. The van der Waals surface area contributed by atoms with Crippen LogP contribution in [-0.4, -0.2) is 77.9 Å². The Morgan fingerprint density at radius 1 is 1.10 bits per heavy atom. The summed E-state index contributed by atoms with van der Waals surface area (Å²) in [6, 6.07) is -0.558. The Hall–Kier alpha value is -3.34. The summed E-state index contributed by atoms with van der Waals surface area (Å²) in [6.45, 7) is 3.75. The average Bonchev–Trinajstić information content (AvgIpc) is 3.51. The number of hydrogen-bond acceptors (Lipinski definition) is 9. The van der Waals surface area contributed by atoms with Gasteiger partial charge in [0.15, 0.2) is 5.82 Å². The van der Waals surface area contributed by atoms with Crippen LogP contribution in [0.5, 0.6) is 0 Å². The van der Waals surface area contributed by atoms with E-state index in [1.165, 1.54) is 15.9 Å². The Kier molecular flexibility index (Phi) is 8.11. The van der Waals surface area contributed by atoms with Crippen molar-refractivity contribution in [3.63, 3.8) is 0 Å². The third kappa shape index (κ3) is 6.46. The van der Waals surface area contributed by atoms with Crippen LogP contribution in [0.3, 0.4) is 0 Å². The molecule has 4 heterocycles. The van der Waals surface area contributed by atoms with E-state index in [2.05, 4.69) is 25.0 Å². The fourth-order valence-electron chi connectivity index (χ4n) is 4.08. The van der Waals surface area contributed by atoms with Crippen LogP contribution >= 0.6 is 11.3 Å². The largest absolute Gasteiger partial charge is 0.451 e. The molecule has 1 unspecified atom stereocenters. The molecule has 0 aromatic carbocycles. The highest BCUT2D eigenvalue weighted by Crippen LogP contribution is 2.43. The van der Waals surface area contributed by atoms with Gasteiger partial charge in [-0.05, 0) is 6.42 Å². The molecule has 1 amide bonds. The molecule has 0 spiro atoms. The topological polar surface area (TPSA) is 113 Å². The van der Waals surface area contributed by atoms with Gasteiger partial charge < -0.3 is 14.9 Å². The number of anilines is 1. The molecule has 17 heteroatoms. The number of thiazole rings is 1. The van der Waals surface area contributed by atoms with Crippen molar-refractivity contribution in [3.05, 3.63) is 35.4 Å². The molecule has 1 saturated heterocycles. The molecule has 212 valence electrons. The highest BCUT2D eigenvalue weighted by atomic mass is 32.1. The summed E-state index contributed by atoms with van der Waals surface area (Å²) >= 11 is 0.339.